The predicted octanol–water partition coefficient (Wildman–Crippen LogP) is 6.04. The van der Waals surface area contributed by atoms with Crippen LogP contribution < -0.4 is 4.90 Å². The van der Waals surface area contributed by atoms with E-state index in [0.29, 0.717) is 31.9 Å². The SMILES string of the molecule is CSc1c(Cl)c(C(c2cn[nH]c2)c2ccccc2O)c(Cl)c(N(C)C)c1Cl. The molecule has 4 nitrogen and oxygen atoms in total. The van der Waals surface area contributed by atoms with Crippen molar-refractivity contribution in [2.75, 3.05) is 25.3 Å². The number of rotatable bonds is 5. The second-order valence-electron chi connectivity index (χ2n) is 6.16. The molecule has 1 heterocycles. The van der Waals surface area contributed by atoms with Crippen LogP contribution in [0.5, 0.6) is 5.75 Å². The molecule has 0 spiro atoms. The number of hydrogen-bond acceptors (Lipinski definition) is 4. The molecule has 27 heavy (non-hydrogen) atoms. The van der Waals surface area contributed by atoms with Crippen LogP contribution in [-0.4, -0.2) is 35.7 Å². The Kier molecular flexibility index (Phi) is 6.16. The average Bonchev–Trinajstić information content (AvgIpc) is 3.13. The molecular formula is C19H18Cl3N3OS. The summed E-state index contributed by atoms with van der Waals surface area (Å²) >= 11 is 21.7. The number of anilines is 1. The van der Waals surface area contributed by atoms with Gasteiger partial charge < -0.3 is 10.0 Å². The number of nitrogens with one attached hydrogen (secondary N) is 1. The predicted molar refractivity (Wildman–Crippen MR) is 115 cm³/mol. The number of thioether (sulfide) groups is 1. The molecular weight excluding hydrogens is 425 g/mol. The van der Waals surface area contributed by atoms with Gasteiger partial charge in [-0.1, -0.05) is 53.0 Å². The summed E-state index contributed by atoms with van der Waals surface area (Å²) in [6.45, 7) is 0. The van der Waals surface area contributed by atoms with Gasteiger partial charge in [0.15, 0.2) is 0 Å². The molecule has 1 unspecified atom stereocenters. The smallest absolute Gasteiger partial charge is 0.119 e. The first-order chi connectivity index (χ1) is 12.9. The van der Waals surface area contributed by atoms with Crippen LogP contribution >= 0.6 is 46.6 Å². The minimum atomic E-state index is -0.410. The molecule has 0 fully saturated rings. The van der Waals surface area contributed by atoms with E-state index < -0.39 is 5.92 Å². The molecule has 3 rings (SSSR count). The molecule has 0 radical (unpaired) electrons. The van der Waals surface area contributed by atoms with Crippen molar-refractivity contribution in [1.82, 2.24) is 10.2 Å². The van der Waals surface area contributed by atoms with E-state index in [-0.39, 0.29) is 5.75 Å². The van der Waals surface area contributed by atoms with E-state index >= 15 is 0 Å². The van der Waals surface area contributed by atoms with Crippen LogP contribution in [0, 0.1) is 0 Å². The highest BCUT2D eigenvalue weighted by Gasteiger charge is 2.30. The van der Waals surface area contributed by atoms with Gasteiger partial charge in [-0.25, -0.2) is 0 Å². The summed E-state index contributed by atoms with van der Waals surface area (Å²) in [5.41, 5.74) is 2.88. The van der Waals surface area contributed by atoms with E-state index in [1.54, 1.807) is 24.5 Å². The van der Waals surface area contributed by atoms with E-state index in [1.165, 1.54) is 11.8 Å². The normalized spacial score (nSPS) is 12.2. The standard InChI is InChI=1S/C19H18Cl3N3OS/c1-25(2)18-15(20)14(16(21)19(27-3)17(18)22)13(10-8-23-24-9-10)11-6-4-5-7-12(11)26/h4-9,13,26H,1-3H3,(H,23,24). The van der Waals surface area contributed by atoms with Crippen LogP contribution in [0.3, 0.4) is 0 Å². The Morgan fingerprint density at radius 3 is 2.37 bits per heavy atom. The molecule has 0 aliphatic heterocycles. The van der Waals surface area contributed by atoms with Crippen molar-refractivity contribution in [3.05, 3.63) is 68.4 Å². The van der Waals surface area contributed by atoms with Crippen molar-refractivity contribution in [1.29, 1.82) is 0 Å². The molecule has 1 atom stereocenters. The van der Waals surface area contributed by atoms with Crippen LogP contribution in [0.2, 0.25) is 15.1 Å². The Labute approximate surface area is 177 Å². The van der Waals surface area contributed by atoms with Crippen molar-refractivity contribution in [3.63, 3.8) is 0 Å². The van der Waals surface area contributed by atoms with E-state index in [0.717, 1.165) is 10.5 Å². The Bertz CT molecular complexity index is 961. The number of para-hydroxylation sites is 1. The van der Waals surface area contributed by atoms with Gasteiger partial charge in [-0.2, -0.15) is 5.10 Å². The fraction of sp³-hybridized carbons (Fsp3) is 0.211. The average molecular weight is 443 g/mol. The van der Waals surface area contributed by atoms with E-state index in [9.17, 15) is 5.11 Å². The molecule has 2 aromatic carbocycles. The monoisotopic (exact) mass is 441 g/mol. The Morgan fingerprint density at radius 2 is 1.81 bits per heavy atom. The van der Waals surface area contributed by atoms with Gasteiger partial charge in [-0.05, 0) is 12.3 Å². The number of benzene rings is 2. The molecule has 0 amide bonds. The molecule has 0 aliphatic carbocycles. The van der Waals surface area contributed by atoms with Gasteiger partial charge in [0.2, 0.25) is 0 Å². The van der Waals surface area contributed by atoms with Crippen LogP contribution in [-0.2, 0) is 0 Å². The number of aromatic amines is 1. The van der Waals surface area contributed by atoms with Gasteiger partial charge in [0.1, 0.15) is 5.75 Å². The number of nitrogens with zero attached hydrogens (tertiary/aromatic N) is 2. The maximum absolute atomic E-state index is 10.5. The van der Waals surface area contributed by atoms with Gasteiger partial charge in [-0.3, -0.25) is 5.10 Å². The lowest BCUT2D eigenvalue weighted by molar-refractivity contribution is 0.467. The molecule has 0 bridgehead atoms. The third-order valence-corrected chi connectivity index (χ3v) is 6.51. The molecule has 3 aromatic rings. The van der Waals surface area contributed by atoms with Gasteiger partial charge in [0.05, 0.1) is 27.0 Å². The summed E-state index contributed by atoms with van der Waals surface area (Å²) < 4.78 is 0. The van der Waals surface area contributed by atoms with Crippen LogP contribution in [0.1, 0.15) is 22.6 Å². The maximum Gasteiger partial charge on any atom is 0.119 e. The quantitative estimate of drug-likeness (QED) is 0.473. The summed E-state index contributed by atoms with van der Waals surface area (Å²) in [7, 11) is 3.75. The Morgan fingerprint density at radius 1 is 1.11 bits per heavy atom. The third kappa shape index (κ3) is 3.61. The maximum atomic E-state index is 10.5. The lowest BCUT2D eigenvalue weighted by Gasteiger charge is -2.27. The van der Waals surface area contributed by atoms with Gasteiger partial charge in [-0.15, -0.1) is 11.8 Å². The summed E-state index contributed by atoms with van der Waals surface area (Å²) in [6.07, 6.45) is 5.38. The molecule has 8 heteroatoms. The van der Waals surface area contributed by atoms with Crippen molar-refractivity contribution in [2.24, 2.45) is 0 Å². The van der Waals surface area contributed by atoms with Gasteiger partial charge >= 0.3 is 0 Å². The number of aromatic hydroxyl groups is 1. The number of hydrogen-bond donors (Lipinski definition) is 2. The number of phenols is 1. The lowest BCUT2D eigenvalue weighted by Crippen LogP contribution is -2.14. The highest BCUT2D eigenvalue weighted by molar-refractivity contribution is 7.98. The molecule has 0 aliphatic rings. The van der Waals surface area contributed by atoms with Crippen LogP contribution in [0.15, 0.2) is 41.6 Å². The van der Waals surface area contributed by atoms with Crippen molar-refractivity contribution in [3.8, 4) is 5.75 Å². The van der Waals surface area contributed by atoms with Crippen molar-refractivity contribution < 1.29 is 5.11 Å². The minimum absolute atomic E-state index is 0.155. The molecule has 1 aromatic heterocycles. The molecule has 2 N–H and O–H groups in total. The van der Waals surface area contributed by atoms with Gasteiger partial charge in [0.25, 0.3) is 0 Å². The highest BCUT2D eigenvalue weighted by atomic mass is 35.5. The number of H-pyrrole nitrogens is 1. The molecule has 0 saturated carbocycles. The Balaban J connectivity index is 2.40. The number of halogens is 3. The van der Waals surface area contributed by atoms with Crippen molar-refractivity contribution >= 4 is 52.3 Å². The Hall–Kier alpha value is -1.53. The summed E-state index contributed by atoms with van der Waals surface area (Å²) in [5.74, 6) is -0.255. The lowest BCUT2D eigenvalue weighted by atomic mass is 9.85. The largest absolute Gasteiger partial charge is 0.508 e. The first-order valence-electron chi connectivity index (χ1n) is 8.06. The second kappa shape index (κ2) is 8.23. The second-order valence-corrected chi connectivity index (χ2v) is 8.11. The first kappa shape index (κ1) is 20.2. The van der Waals surface area contributed by atoms with Gasteiger partial charge in [0, 0.05) is 47.8 Å². The first-order valence-corrected chi connectivity index (χ1v) is 10.4. The molecule has 142 valence electrons. The minimum Gasteiger partial charge on any atom is -0.508 e. The summed E-state index contributed by atoms with van der Waals surface area (Å²) in [6, 6.07) is 7.13. The van der Waals surface area contributed by atoms with E-state index in [2.05, 4.69) is 10.2 Å². The summed E-state index contributed by atoms with van der Waals surface area (Å²) in [5, 5.41) is 18.8. The molecule has 0 saturated heterocycles. The fourth-order valence-corrected chi connectivity index (χ4v) is 5.42. The van der Waals surface area contributed by atoms with E-state index in [1.807, 2.05) is 37.4 Å². The van der Waals surface area contributed by atoms with Crippen molar-refractivity contribution in [2.45, 2.75) is 10.8 Å². The zero-order chi connectivity index (χ0) is 19.7. The topological polar surface area (TPSA) is 52.1 Å². The number of aromatic nitrogens is 2. The highest BCUT2D eigenvalue weighted by Crippen LogP contribution is 2.52. The zero-order valence-corrected chi connectivity index (χ0v) is 18.0. The van der Waals surface area contributed by atoms with Crippen LogP contribution in [0.25, 0.3) is 0 Å². The number of phenolic OH excluding ortho intramolecular Hbond substituents is 1. The summed E-state index contributed by atoms with van der Waals surface area (Å²) in [4.78, 5) is 2.60. The van der Waals surface area contributed by atoms with Crippen LogP contribution in [0.4, 0.5) is 5.69 Å². The zero-order valence-electron chi connectivity index (χ0n) is 14.9. The van der Waals surface area contributed by atoms with E-state index in [4.69, 9.17) is 34.8 Å². The fourth-order valence-electron chi connectivity index (χ4n) is 3.12. The third-order valence-electron chi connectivity index (χ3n) is 4.33.